The van der Waals surface area contributed by atoms with E-state index in [1.165, 1.54) is 0 Å². The lowest BCUT2D eigenvalue weighted by Crippen LogP contribution is -2.33. The number of para-hydroxylation sites is 1. The quantitative estimate of drug-likeness (QED) is 0.0677. The van der Waals surface area contributed by atoms with Gasteiger partial charge in [-0.1, -0.05) is 59.1 Å². The van der Waals surface area contributed by atoms with Crippen molar-refractivity contribution in [3.63, 3.8) is 0 Å². The lowest BCUT2D eigenvalue weighted by Gasteiger charge is -2.13. The zero-order valence-corrected chi connectivity index (χ0v) is 43.6. The number of nitrogens with zero attached hydrogens (tertiary/aromatic N) is 4. The highest BCUT2D eigenvalue weighted by Gasteiger charge is 2.25. The van der Waals surface area contributed by atoms with E-state index < -0.39 is 21.9 Å². The van der Waals surface area contributed by atoms with Gasteiger partial charge in [-0.3, -0.25) is 19.0 Å². The van der Waals surface area contributed by atoms with Gasteiger partial charge in [0.25, 0.3) is 0 Å². The standard InChI is InChI=1S/C53H60Cl3N5O7S/c1-31-27-38(28-32(2)51(31)55)67-24-11-15-40-35(5)61(23-20-48(63)64)53-42(40)13-9-14-43(53)49-37(7)59(8)57-45(49)21-26-69(65,66)58-47(62)19-22-60-36(6)41(50-44(54)17-10-18-46(50)60)16-12-25-68-39-29-33(3)52(56)34(4)30-39/h9-10,13-14,17-18,27-30H,11-12,15-16,19-26H2,1-8H3,(H,58,62)(H,63,64). The summed E-state index contributed by atoms with van der Waals surface area (Å²) in [4.78, 5) is 25.3. The van der Waals surface area contributed by atoms with Gasteiger partial charge in [0.2, 0.25) is 15.9 Å². The number of hydrogen-bond acceptors (Lipinski definition) is 7. The zero-order chi connectivity index (χ0) is 49.9. The van der Waals surface area contributed by atoms with Crippen molar-refractivity contribution in [1.82, 2.24) is 23.6 Å². The predicted octanol–water partition coefficient (Wildman–Crippen LogP) is 11.7. The van der Waals surface area contributed by atoms with Gasteiger partial charge in [-0.15, -0.1) is 0 Å². The highest BCUT2D eigenvalue weighted by molar-refractivity contribution is 7.90. The number of rotatable bonds is 21. The molecule has 0 radical (unpaired) electrons. The Morgan fingerprint density at radius 1 is 0.710 bits per heavy atom. The molecular weight excluding hydrogens is 957 g/mol. The molecule has 3 heterocycles. The minimum Gasteiger partial charge on any atom is -0.494 e. The summed E-state index contributed by atoms with van der Waals surface area (Å²) in [6, 6.07) is 19.4. The van der Waals surface area contributed by atoms with E-state index in [1.807, 2.05) is 121 Å². The Labute approximate surface area is 419 Å². The number of carbonyl (C=O) groups is 2. The largest absolute Gasteiger partial charge is 0.494 e. The molecule has 366 valence electrons. The van der Waals surface area contributed by atoms with Crippen LogP contribution < -0.4 is 14.2 Å². The van der Waals surface area contributed by atoms with Crippen LogP contribution in [-0.4, -0.2) is 63.3 Å². The van der Waals surface area contributed by atoms with Gasteiger partial charge in [0.15, 0.2) is 0 Å². The van der Waals surface area contributed by atoms with Gasteiger partial charge in [0.1, 0.15) is 11.5 Å². The van der Waals surface area contributed by atoms with Crippen LogP contribution in [0, 0.1) is 48.5 Å². The van der Waals surface area contributed by atoms with Crippen LogP contribution in [0.3, 0.4) is 0 Å². The summed E-state index contributed by atoms with van der Waals surface area (Å²) in [5, 5.41) is 18.5. The number of hydrogen-bond donors (Lipinski definition) is 2. The van der Waals surface area contributed by atoms with Gasteiger partial charge in [-0.2, -0.15) is 5.10 Å². The average molecular weight is 1020 g/mol. The van der Waals surface area contributed by atoms with Gasteiger partial charge in [0, 0.05) is 82.0 Å². The molecule has 0 unspecified atom stereocenters. The lowest BCUT2D eigenvalue weighted by molar-refractivity contribution is -0.137. The van der Waals surface area contributed by atoms with Crippen molar-refractivity contribution in [2.45, 2.75) is 107 Å². The molecule has 1 amide bonds. The summed E-state index contributed by atoms with van der Waals surface area (Å²) >= 11 is 19.5. The number of aryl methyl sites for hydroxylation is 10. The normalized spacial score (nSPS) is 11.8. The molecule has 0 saturated carbocycles. The van der Waals surface area contributed by atoms with Crippen molar-refractivity contribution in [2.24, 2.45) is 7.05 Å². The second-order valence-corrected chi connectivity index (χ2v) is 20.9. The summed E-state index contributed by atoms with van der Waals surface area (Å²) in [5.41, 5.74) is 12.6. The summed E-state index contributed by atoms with van der Waals surface area (Å²) in [6.07, 6.45) is 2.67. The van der Waals surface area contributed by atoms with Gasteiger partial charge >= 0.3 is 5.97 Å². The van der Waals surface area contributed by atoms with E-state index in [4.69, 9.17) is 49.4 Å². The number of carboxylic acids is 1. The van der Waals surface area contributed by atoms with Crippen molar-refractivity contribution in [3.05, 3.63) is 132 Å². The second-order valence-electron chi connectivity index (χ2n) is 17.9. The van der Waals surface area contributed by atoms with Crippen LogP contribution in [0.1, 0.15) is 81.8 Å². The smallest absolute Gasteiger partial charge is 0.305 e. The molecule has 2 N–H and O–H groups in total. The second kappa shape index (κ2) is 21.7. The van der Waals surface area contributed by atoms with Crippen LogP contribution >= 0.6 is 34.8 Å². The Morgan fingerprint density at radius 2 is 1.26 bits per heavy atom. The van der Waals surface area contributed by atoms with Gasteiger partial charge in [-0.25, -0.2) is 8.42 Å². The van der Waals surface area contributed by atoms with E-state index in [2.05, 4.69) is 9.29 Å². The molecule has 0 aliphatic rings. The molecule has 0 saturated heterocycles. The minimum absolute atomic E-state index is 0.0306. The summed E-state index contributed by atoms with van der Waals surface area (Å²) in [6.45, 7) is 15.2. The molecule has 0 atom stereocenters. The van der Waals surface area contributed by atoms with Crippen LogP contribution in [0.5, 0.6) is 11.5 Å². The van der Waals surface area contributed by atoms with Gasteiger partial charge < -0.3 is 23.7 Å². The number of fused-ring (bicyclic) bond motifs is 2. The van der Waals surface area contributed by atoms with E-state index in [0.29, 0.717) is 43.2 Å². The van der Waals surface area contributed by atoms with Crippen LogP contribution in [0.25, 0.3) is 32.9 Å². The number of aliphatic carboxylic acids is 1. The number of ether oxygens (including phenoxy) is 2. The van der Waals surface area contributed by atoms with Crippen LogP contribution in [0.4, 0.5) is 0 Å². The number of carbonyl (C=O) groups excluding carboxylic acids is 1. The third-order valence-corrected chi connectivity index (χ3v) is 15.9. The van der Waals surface area contributed by atoms with Crippen LogP contribution in [0.15, 0.2) is 60.7 Å². The average Bonchev–Trinajstić information content (AvgIpc) is 3.85. The number of sulfonamides is 1. The fourth-order valence-corrected chi connectivity index (χ4v) is 11.1. The molecule has 69 heavy (non-hydrogen) atoms. The van der Waals surface area contributed by atoms with Crippen molar-refractivity contribution in [3.8, 4) is 22.6 Å². The maximum absolute atomic E-state index is 13.6. The lowest BCUT2D eigenvalue weighted by atomic mass is 9.97. The van der Waals surface area contributed by atoms with E-state index in [-0.39, 0.29) is 38.1 Å². The molecule has 0 fully saturated rings. The zero-order valence-electron chi connectivity index (χ0n) is 40.5. The molecule has 0 aliphatic heterocycles. The topological polar surface area (TPSA) is 147 Å². The van der Waals surface area contributed by atoms with E-state index >= 15 is 0 Å². The molecule has 0 spiro atoms. The van der Waals surface area contributed by atoms with E-state index in [9.17, 15) is 23.1 Å². The van der Waals surface area contributed by atoms with E-state index in [0.717, 1.165) is 111 Å². The molecule has 3 aromatic heterocycles. The first-order valence-electron chi connectivity index (χ1n) is 23.2. The number of amides is 1. The fourth-order valence-electron chi connectivity index (χ4n) is 9.54. The summed E-state index contributed by atoms with van der Waals surface area (Å²) in [5.74, 6) is -0.384. The molecular formula is C53H60Cl3N5O7S. The Balaban J connectivity index is 1.04. The van der Waals surface area contributed by atoms with Crippen LogP contribution in [0.2, 0.25) is 15.1 Å². The Hall–Kier alpha value is -5.47. The van der Waals surface area contributed by atoms with E-state index in [1.54, 1.807) is 4.68 Å². The van der Waals surface area contributed by atoms with Crippen molar-refractivity contribution >= 4 is 78.5 Å². The maximum Gasteiger partial charge on any atom is 0.305 e. The van der Waals surface area contributed by atoms with Gasteiger partial charge in [-0.05, 0) is 144 Å². The Kier molecular flexibility index (Phi) is 16.1. The number of carboxylic acid groups (broad SMARTS) is 1. The maximum atomic E-state index is 13.6. The first-order valence-corrected chi connectivity index (χ1v) is 26.0. The number of aromatic nitrogens is 4. The highest BCUT2D eigenvalue weighted by Crippen LogP contribution is 2.39. The first-order chi connectivity index (χ1) is 32.8. The molecule has 16 heteroatoms. The molecule has 7 aromatic rings. The molecule has 12 nitrogen and oxygen atoms in total. The number of nitrogens with one attached hydrogen (secondary N) is 1. The highest BCUT2D eigenvalue weighted by atomic mass is 35.5. The van der Waals surface area contributed by atoms with Crippen molar-refractivity contribution in [1.29, 1.82) is 0 Å². The SMILES string of the molecule is Cc1cc(OCCCc2c(C)n(CCC(=O)O)c3c(-c4c(CCS(=O)(=O)NC(=O)CCn5c(C)c(CCCOc6cc(C)c(Cl)c(C)c6)c6c(Cl)cccc65)nn(C)c4C)cccc23)cc(C)c1Cl. The predicted molar refractivity (Wildman–Crippen MR) is 277 cm³/mol. The molecule has 4 aromatic carbocycles. The van der Waals surface area contributed by atoms with Crippen molar-refractivity contribution < 1.29 is 32.6 Å². The Bertz CT molecular complexity index is 3160. The first kappa shape index (κ1) is 51.4. The third kappa shape index (κ3) is 11.4. The van der Waals surface area contributed by atoms with Gasteiger partial charge in [0.05, 0.1) is 47.1 Å². The van der Waals surface area contributed by atoms with Crippen LogP contribution in [-0.2, 0) is 59.0 Å². The monoisotopic (exact) mass is 1020 g/mol. The summed E-state index contributed by atoms with van der Waals surface area (Å²) < 4.78 is 47.6. The third-order valence-electron chi connectivity index (χ3n) is 13.1. The molecule has 0 bridgehead atoms. The summed E-state index contributed by atoms with van der Waals surface area (Å²) in [7, 11) is -2.28. The fraction of sp³-hybridized carbons (Fsp3) is 0.377. The van der Waals surface area contributed by atoms with Crippen molar-refractivity contribution in [2.75, 3.05) is 19.0 Å². The molecule has 0 aliphatic carbocycles. The Morgan fingerprint density at radius 3 is 1.86 bits per heavy atom. The number of benzene rings is 4. The number of halogens is 3. The molecule has 7 rings (SSSR count). The minimum atomic E-state index is -4.09.